The van der Waals surface area contributed by atoms with Crippen molar-refractivity contribution in [3.8, 4) is 0 Å². The molecule has 0 atom stereocenters. The molecule has 0 spiro atoms. The van der Waals surface area contributed by atoms with Crippen LogP contribution >= 0.6 is 23.4 Å². The molecule has 0 aliphatic carbocycles. The number of benzene rings is 2. The zero-order chi connectivity index (χ0) is 21.4. The maximum absolute atomic E-state index is 13.5. The van der Waals surface area contributed by atoms with Gasteiger partial charge in [-0.1, -0.05) is 35.9 Å². The molecule has 0 aromatic heterocycles. The van der Waals surface area contributed by atoms with Crippen LogP contribution in [0, 0.1) is 12.7 Å². The molecule has 9 heteroatoms. The summed E-state index contributed by atoms with van der Waals surface area (Å²) in [6, 6.07) is 11.6. The lowest BCUT2D eigenvalue weighted by Gasteiger charge is -2.24. The highest BCUT2D eigenvalue weighted by atomic mass is 35.5. The number of hydrogen-bond donors (Lipinski definition) is 1. The van der Waals surface area contributed by atoms with Crippen molar-refractivity contribution in [2.45, 2.75) is 19.1 Å². The molecule has 0 unspecified atom stereocenters. The van der Waals surface area contributed by atoms with Gasteiger partial charge in [0.2, 0.25) is 15.9 Å². The van der Waals surface area contributed by atoms with E-state index in [2.05, 4.69) is 5.32 Å². The van der Waals surface area contributed by atoms with E-state index < -0.39 is 15.9 Å². The van der Waals surface area contributed by atoms with E-state index in [9.17, 15) is 17.6 Å². The molecular weight excluding hydrogens is 435 g/mol. The van der Waals surface area contributed by atoms with E-state index in [0.29, 0.717) is 40.6 Å². The van der Waals surface area contributed by atoms with Gasteiger partial charge in [0, 0.05) is 17.3 Å². The van der Waals surface area contributed by atoms with E-state index >= 15 is 0 Å². The van der Waals surface area contributed by atoms with Gasteiger partial charge in [0.1, 0.15) is 12.4 Å². The van der Waals surface area contributed by atoms with Crippen LogP contribution in [0.3, 0.4) is 0 Å². The second-order valence-corrected chi connectivity index (χ2v) is 9.92. The molecule has 2 rings (SSSR count). The van der Waals surface area contributed by atoms with Gasteiger partial charge in [-0.25, -0.2) is 12.8 Å². The lowest BCUT2D eigenvalue weighted by molar-refractivity contribution is -0.119. The fourth-order valence-corrected chi connectivity index (χ4v) is 4.66. The minimum atomic E-state index is -3.65. The number of nitrogens with one attached hydrogen (secondary N) is 1. The maximum Gasteiger partial charge on any atom is 0.240 e. The number of thioether (sulfide) groups is 1. The van der Waals surface area contributed by atoms with Crippen molar-refractivity contribution < 1.29 is 17.6 Å². The average Bonchev–Trinajstić information content (AvgIpc) is 2.65. The number of anilines is 1. The van der Waals surface area contributed by atoms with Crippen LogP contribution in [0.4, 0.5) is 10.1 Å². The third-order valence-electron chi connectivity index (χ3n) is 4.20. The van der Waals surface area contributed by atoms with Crippen LogP contribution in [0.2, 0.25) is 5.02 Å². The van der Waals surface area contributed by atoms with Gasteiger partial charge in [0.05, 0.1) is 11.9 Å². The summed E-state index contributed by atoms with van der Waals surface area (Å²) >= 11 is 7.66. The van der Waals surface area contributed by atoms with Gasteiger partial charge in [0.25, 0.3) is 0 Å². The Morgan fingerprint density at radius 2 is 1.93 bits per heavy atom. The first-order valence-corrected chi connectivity index (χ1v) is 12.4. The maximum atomic E-state index is 13.5. The standard InChI is InChI=1S/C20H24ClFN2O3S2/c1-15-17(21)8-5-10-19(15)24(29(2,26)27)13-20(25)23-11-6-12-28-14-16-7-3-4-9-18(16)22/h3-5,7-10H,6,11-14H2,1-2H3,(H,23,25). The monoisotopic (exact) mass is 458 g/mol. The Labute approximate surface area is 180 Å². The molecule has 0 aliphatic rings. The van der Waals surface area contributed by atoms with E-state index in [1.54, 1.807) is 55.1 Å². The van der Waals surface area contributed by atoms with Crippen LogP contribution in [0.5, 0.6) is 0 Å². The lowest BCUT2D eigenvalue weighted by Crippen LogP contribution is -2.41. The highest BCUT2D eigenvalue weighted by Crippen LogP contribution is 2.28. The van der Waals surface area contributed by atoms with Gasteiger partial charge in [0.15, 0.2) is 0 Å². The topological polar surface area (TPSA) is 66.5 Å². The highest BCUT2D eigenvalue weighted by Gasteiger charge is 2.22. The summed E-state index contributed by atoms with van der Waals surface area (Å²) in [5.41, 5.74) is 1.63. The van der Waals surface area contributed by atoms with Gasteiger partial charge < -0.3 is 5.32 Å². The number of halogens is 2. The number of amides is 1. The van der Waals surface area contributed by atoms with Crippen molar-refractivity contribution >= 4 is 45.0 Å². The predicted molar refractivity (Wildman–Crippen MR) is 119 cm³/mol. The first-order valence-electron chi connectivity index (χ1n) is 9.01. The first-order chi connectivity index (χ1) is 13.7. The predicted octanol–water partition coefficient (Wildman–Crippen LogP) is 3.99. The molecule has 0 bridgehead atoms. The average molecular weight is 459 g/mol. The van der Waals surface area contributed by atoms with Crippen LogP contribution in [0.1, 0.15) is 17.5 Å². The van der Waals surface area contributed by atoms with Crippen LogP contribution in [-0.2, 0) is 20.6 Å². The number of nitrogens with zero attached hydrogens (tertiary/aromatic N) is 1. The highest BCUT2D eigenvalue weighted by molar-refractivity contribution is 7.98. The Balaban J connectivity index is 1.82. The van der Waals surface area contributed by atoms with Crippen LogP contribution in [-0.4, -0.2) is 39.4 Å². The molecule has 29 heavy (non-hydrogen) atoms. The zero-order valence-electron chi connectivity index (χ0n) is 16.3. The van der Waals surface area contributed by atoms with E-state index in [0.717, 1.165) is 16.3 Å². The molecule has 158 valence electrons. The van der Waals surface area contributed by atoms with Gasteiger partial charge >= 0.3 is 0 Å². The van der Waals surface area contributed by atoms with Crippen molar-refractivity contribution in [2.75, 3.05) is 29.4 Å². The van der Waals surface area contributed by atoms with E-state index in [1.165, 1.54) is 6.07 Å². The third-order valence-corrected chi connectivity index (χ3v) is 6.83. The smallest absolute Gasteiger partial charge is 0.240 e. The minimum absolute atomic E-state index is 0.217. The van der Waals surface area contributed by atoms with Crippen LogP contribution < -0.4 is 9.62 Å². The molecule has 2 aromatic rings. The second-order valence-electron chi connectivity index (χ2n) is 6.50. The van der Waals surface area contributed by atoms with Crippen molar-refractivity contribution in [3.63, 3.8) is 0 Å². The Bertz CT molecular complexity index is 954. The van der Waals surface area contributed by atoms with E-state index in [4.69, 9.17) is 11.6 Å². The summed E-state index contributed by atoms with van der Waals surface area (Å²) < 4.78 is 39.0. The minimum Gasteiger partial charge on any atom is -0.354 e. The summed E-state index contributed by atoms with van der Waals surface area (Å²) in [5.74, 6) is 0.702. The molecule has 0 aliphatic heterocycles. The van der Waals surface area contributed by atoms with Crippen LogP contribution in [0.15, 0.2) is 42.5 Å². The van der Waals surface area contributed by atoms with Gasteiger partial charge in [-0.3, -0.25) is 9.10 Å². The quantitative estimate of drug-likeness (QED) is 0.546. The van der Waals surface area contributed by atoms with E-state index in [-0.39, 0.29) is 12.4 Å². The Kier molecular flexibility index (Phi) is 8.79. The Hall–Kier alpha value is -1.77. The second kappa shape index (κ2) is 10.8. The molecule has 5 nitrogen and oxygen atoms in total. The molecule has 2 aromatic carbocycles. The largest absolute Gasteiger partial charge is 0.354 e. The summed E-state index contributed by atoms with van der Waals surface area (Å²) in [5, 5.41) is 3.17. The summed E-state index contributed by atoms with van der Waals surface area (Å²) in [7, 11) is -3.65. The summed E-state index contributed by atoms with van der Waals surface area (Å²) in [6.45, 7) is 1.80. The lowest BCUT2D eigenvalue weighted by atomic mass is 10.2. The number of rotatable bonds is 10. The molecule has 1 N–H and O–H groups in total. The van der Waals surface area contributed by atoms with E-state index in [1.807, 2.05) is 0 Å². The normalized spacial score (nSPS) is 11.3. The summed E-state index contributed by atoms with van der Waals surface area (Å²) in [4.78, 5) is 12.3. The van der Waals surface area contributed by atoms with Crippen molar-refractivity contribution in [1.82, 2.24) is 5.32 Å². The van der Waals surface area contributed by atoms with Crippen molar-refractivity contribution in [3.05, 3.63) is 64.4 Å². The van der Waals surface area contributed by atoms with Crippen molar-refractivity contribution in [2.24, 2.45) is 0 Å². The fraction of sp³-hybridized carbons (Fsp3) is 0.350. The number of hydrogen-bond acceptors (Lipinski definition) is 4. The summed E-state index contributed by atoms with van der Waals surface area (Å²) in [6.07, 6.45) is 1.75. The SMILES string of the molecule is Cc1c(Cl)cccc1N(CC(=O)NCCCSCc1ccccc1F)S(C)(=O)=O. The molecule has 0 heterocycles. The number of carbonyl (C=O) groups excluding carboxylic acids is 1. The first kappa shape index (κ1) is 23.5. The molecule has 1 amide bonds. The fourth-order valence-electron chi connectivity index (χ4n) is 2.63. The number of carbonyl (C=O) groups is 1. The third kappa shape index (κ3) is 7.21. The Morgan fingerprint density at radius 3 is 2.62 bits per heavy atom. The number of sulfonamides is 1. The molecule has 0 saturated carbocycles. The molecule has 0 fully saturated rings. The molecule has 0 radical (unpaired) electrons. The zero-order valence-corrected chi connectivity index (χ0v) is 18.7. The van der Waals surface area contributed by atoms with Gasteiger partial charge in [-0.2, -0.15) is 11.8 Å². The van der Waals surface area contributed by atoms with Gasteiger partial charge in [-0.05, 0) is 48.4 Å². The van der Waals surface area contributed by atoms with Crippen LogP contribution in [0.25, 0.3) is 0 Å². The van der Waals surface area contributed by atoms with Crippen molar-refractivity contribution in [1.29, 1.82) is 0 Å². The van der Waals surface area contributed by atoms with Gasteiger partial charge in [-0.15, -0.1) is 0 Å². The molecule has 0 saturated heterocycles. The molecular formula is C20H24ClFN2O3S2. The Morgan fingerprint density at radius 1 is 1.21 bits per heavy atom.